The van der Waals surface area contributed by atoms with Crippen LogP contribution in [0.25, 0.3) is 0 Å². The number of aliphatic imine (C=N–C) groups is 1. The molecule has 0 radical (unpaired) electrons. The van der Waals surface area contributed by atoms with Gasteiger partial charge in [0.15, 0.2) is 0 Å². The van der Waals surface area contributed by atoms with Gasteiger partial charge >= 0.3 is 12.0 Å². The summed E-state index contributed by atoms with van der Waals surface area (Å²) in [7, 11) is 2.93. The Morgan fingerprint density at radius 2 is 2.11 bits per heavy atom. The second-order valence-corrected chi connectivity index (χ2v) is 4.13. The van der Waals surface area contributed by atoms with Gasteiger partial charge in [0.25, 0.3) is 24.1 Å². The van der Waals surface area contributed by atoms with E-state index in [9.17, 15) is 14.4 Å². The molecule has 96 valence electrons. The number of fused-ring (bicyclic) bond motifs is 1. The molecular weight excluding hydrogens is 240 g/mol. The van der Waals surface area contributed by atoms with Crippen molar-refractivity contribution in [3.63, 3.8) is 0 Å². The van der Waals surface area contributed by atoms with E-state index in [1.165, 1.54) is 29.9 Å². The molecule has 0 spiro atoms. The number of carbonyl (C=O) groups is 3. The number of nitrogens with zero attached hydrogens (tertiary/aromatic N) is 4. The first kappa shape index (κ1) is 12.2. The Labute approximate surface area is 103 Å². The molecule has 0 aromatic heterocycles. The largest absolute Gasteiger partial charge is 0.481 e. The fourth-order valence-electron chi connectivity index (χ4n) is 1.95. The summed E-state index contributed by atoms with van der Waals surface area (Å²) in [5.74, 6) is -0.998. The molecule has 0 saturated carbocycles. The van der Waals surface area contributed by atoms with Gasteiger partial charge in [-0.2, -0.15) is 0 Å². The lowest BCUT2D eigenvalue weighted by Crippen LogP contribution is -2.61. The van der Waals surface area contributed by atoms with Crippen LogP contribution in [0, 0.1) is 0 Å². The number of likely N-dealkylation sites (N-methyl/N-ethyl adjacent to an activating group) is 2. The maximum Gasteiger partial charge on any atom is 0.333 e. The molecule has 0 bridgehead atoms. The van der Waals surface area contributed by atoms with Crippen LogP contribution in [0.2, 0.25) is 0 Å². The first-order chi connectivity index (χ1) is 8.43. The van der Waals surface area contributed by atoms with Crippen LogP contribution in [0.1, 0.15) is 6.42 Å². The van der Waals surface area contributed by atoms with Gasteiger partial charge in [-0.15, -0.1) is 0 Å². The predicted octanol–water partition coefficient (Wildman–Crippen LogP) is -1.19. The monoisotopic (exact) mass is 253 g/mol. The molecule has 3 amide bonds. The van der Waals surface area contributed by atoms with Crippen molar-refractivity contribution in [2.45, 2.75) is 12.5 Å². The highest BCUT2D eigenvalue weighted by molar-refractivity contribution is 6.21. The SMILES string of the molecule is CN1C(=O)C2C(=NC=[N+]2CCC(=O)O)N(C)C1=O. The molecule has 1 saturated heterocycles. The van der Waals surface area contributed by atoms with E-state index in [4.69, 9.17) is 5.11 Å². The molecule has 2 heterocycles. The fraction of sp³-hybridized carbons (Fsp3) is 0.500. The van der Waals surface area contributed by atoms with Gasteiger partial charge in [-0.25, -0.2) is 9.37 Å². The van der Waals surface area contributed by atoms with Crippen LogP contribution in [0.4, 0.5) is 4.79 Å². The number of urea groups is 1. The Bertz CT molecular complexity index is 496. The van der Waals surface area contributed by atoms with Crippen LogP contribution >= 0.6 is 0 Å². The zero-order valence-electron chi connectivity index (χ0n) is 10.0. The van der Waals surface area contributed by atoms with Crippen LogP contribution in [0.15, 0.2) is 4.99 Å². The second kappa shape index (κ2) is 4.21. The fourth-order valence-corrected chi connectivity index (χ4v) is 1.95. The molecule has 0 aliphatic carbocycles. The van der Waals surface area contributed by atoms with Crippen molar-refractivity contribution in [2.75, 3.05) is 20.6 Å². The van der Waals surface area contributed by atoms with Gasteiger partial charge in [0.05, 0.1) is 13.0 Å². The molecule has 1 atom stereocenters. The van der Waals surface area contributed by atoms with E-state index in [2.05, 4.69) is 4.99 Å². The molecule has 1 unspecified atom stereocenters. The van der Waals surface area contributed by atoms with Crippen molar-refractivity contribution < 1.29 is 24.1 Å². The summed E-state index contributed by atoms with van der Waals surface area (Å²) in [5, 5.41) is 8.64. The topological polar surface area (TPSA) is 93.3 Å². The molecule has 1 N–H and O–H groups in total. The molecule has 2 aliphatic rings. The number of amides is 3. The van der Waals surface area contributed by atoms with Gasteiger partial charge in [-0.3, -0.25) is 19.4 Å². The van der Waals surface area contributed by atoms with Crippen molar-refractivity contribution in [2.24, 2.45) is 4.99 Å². The number of rotatable bonds is 3. The summed E-state index contributed by atoms with van der Waals surface area (Å²) < 4.78 is 1.53. The van der Waals surface area contributed by atoms with Crippen molar-refractivity contribution in [1.82, 2.24) is 9.80 Å². The van der Waals surface area contributed by atoms with Crippen molar-refractivity contribution >= 4 is 30.1 Å². The summed E-state index contributed by atoms with van der Waals surface area (Å²) in [5.41, 5.74) is 0. The predicted molar refractivity (Wildman–Crippen MR) is 60.6 cm³/mol. The molecule has 2 rings (SSSR count). The lowest BCUT2D eigenvalue weighted by molar-refractivity contribution is -0.530. The zero-order chi connectivity index (χ0) is 13.4. The molecule has 8 heteroatoms. The van der Waals surface area contributed by atoms with Crippen LogP contribution < -0.4 is 0 Å². The van der Waals surface area contributed by atoms with Gasteiger partial charge < -0.3 is 5.11 Å². The lowest BCUT2D eigenvalue weighted by Gasteiger charge is -2.30. The van der Waals surface area contributed by atoms with E-state index < -0.39 is 23.9 Å². The van der Waals surface area contributed by atoms with E-state index in [0.717, 1.165) is 4.90 Å². The molecule has 2 aliphatic heterocycles. The van der Waals surface area contributed by atoms with Crippen LogP contribution in [-0.4, -0.2) is 76.2 Å². The quantitative estimate of drug-likeness (QED) is 0.640. The third-order valence-corrected chi connectivity index (χ3v) is 2.98. The summed E-state index contributed by atoms with van der Waals surface area (Å²) in [6, 6.07) is -1.14. The lowest BCUT2D eigenvalue weighted by atomic mass is 10.1. The molecule has 0 aromatic rings. The van der Waals surface area contributed by atoms with Crippen molar-refractivity contribution in [3.05, 3.63) is 0 Å². The normalized spacial score (nSPS) is 22.9. The number of imide groups is 1. The smallest absolute Gasteiger partial charge is 0.333 e. The second-order valence-electron chi connectivity index (χ2n) is 4.13. The standard InChI is InChI=1S/C10H12N4O4/c1-12-8-7(9(17)13(2)10(12)18)14(5-11-8)4-3-6(15)16/h5,7H,3-4H2,1-2H3/p+1. The first-order valence-electron chi connectivity index (χ1n) is 5.37. The average molecular weight is 253 g/mol. The Morgan fingerprint density at radius 1 is 1.44 bits per heavy atom. The van der Waals surface area contributed by atoms with Gasteiger partial charge in [-0.1, -0.05) is 0 Å². The summed E-state index contributed by atoms with van der Waals surface area (Å²) >= 11 is 0. The van der Waals surface area contributed by atoms with Crippen LogP contribution in [0.5, 0.6) is 0 Å². The van der Waals surface area contributed by atoms with E-state index in [0.29, 0.717) is 5.84 Å². The Kier molecular flexibility index (Phi) is 2.85. The van der Waals surface area contributed by atoms with Gasteiger partial charge in [0.2, 0.25) is 0 Å². The molecule has 1 fully saturated rings. The highest BCUT2D eigenvalue weighted by Gasteiger charge is 2.50. The number of carboxylic acids is 1. The maximum atomic E-state index is 12.0. The van der Waals surface area contributed by atoms with Crippen molar-refractivity contribution in [1.29, 1.82) is 0 Å². The van der Waals surface area contributed by atoms with Gasteiger partial charge in [0, 0.05) is 14.1 Å². The Morgan fingerprint density at radius 3 is 2.72 bits per heavy atom. The number of hydrogen-bond acceptors (Lipinski definition) is 4. The van der Waals surface area contributed by atoms with Crippen molar-refractivity contribution in [3.8, 4) is 0 Å². The minimum atomic E-state index is -0.946. The van der Waals surface area contributed by atoms with E-state index in [-0.39, 0.29) is 13.0 Å². The first-order valence-corrected chi connectivity index (χ1v) is 5.37. The molecule has 8 nitrogen and oxygen atoms in total. The number of hydrogen-bond donors (Lipinski definition) is 1. The summed E-state index contributed by atoms with van der Waals surface area (Å²) in [6.07, 6.45) is 1.31. The number of amidine groups is 1. The minimum Gasteiger partial charge on any atom is -0.481 e. The highest BCUT2D eigenvalue weighted by atomic mass is 16.4. The molecule has 18 heavy (non-hydrogen) atoms. The van der Waals surface area contributed by atoms with E-state index >= 15 is 0 Å². The van der Waals surface area contributed by atoms with E-state index in [1.54, 1.807) is 0 Å². The number of aliphatic carboxylic acids is 1. The minimum absolute atomic E-state index is 0.0928. The Hall–Kier alpha value is -2.25. The maximum absolute atomic E-state index is 12.0. The van der Waals surface area contributed by atoms with Crippen LogP contribution in [0.3, 0.4) is 0 Å². The Balaban J connectivity index is 2.21. The zero-order valence-corrected chi connectivity index (χ0v) is 10.0. The third-order valence-electron chi connectivity index (χ3n) is 2.98. The highest BCUT2D eigenvalue weighted by Crippen LogP contribution is 2.16. The number of carbonyl (C=O) groups excluding carboxylic acids is 2. The van der Waals surface area contributed by atoms with Gasteiger partial charge in [0.1, 0.15) is 0 Å². The average Bonchev–Trinajstić information content (AvgIpc) is 2.75. The summed E-state index contributed by atoms with van der Waals surface area (Å²) in [4.78, 5) is 40.5. The summed E-state index contributed by atoms with van der Waals surface area (Å²) in [6.45, 7) is 0.175. The number of carboxylic acid groups (broad SMARTS) is 1. The van der Waals surface area contributed by atoms with E-state index in [1.807, 2.05) is 0 Å². The third kappa shape index (κ3) is 1.75. The molecular formula is C10H13N4O4+. The van der Waals surface area contributed by atoms with Crippen LogP contribution in [-0.2, 0) is 9.59 Å². The van der Waals surface area contributed by atoms with Gasteiger partial charge in [-0.05, 0) is 4.99 Å². The molecule has 0 aromatic carbocycles.